The van der Waals surface area contributed by atoms with Crippen LogP contribution in [0.1, 0.15) is 18.9 Å². The van der Waals surface area contributed by atoms with Gasteiger partial charge >= 0.3 is 0 Å². The van der Waals surface area contributed by atoms with Crippen molar-refractivity contribution in [2.24, 2.45) is 5.84 Å². The van der Waals surface area contributed by atoms with E-state index in [-0.39, 0.29) is 5.02 Å². The largest absolute Gasteiger partial charge is 0.438 e. The first-order chi connectivity index (χ1) is 9.65. The molecule has 2 aromatic rings. The molecule has 0 spiro atoms. The van der Waals surface area contributed by atoms with Crippen molar-refractivity contribution in [3.8, 4) is 11.6 Å². The van der Waals surface area contributed by atoms with Crippen LogP contribution in [-0.4, -0.2) is 9.97 Å². The second-order valence-electron chi connectivity index (χ2n) is 4.08. The van der Waals surface area contributed by atoms with Crippen molar-refractivity contribution >= 4 is 17.4 Å². The Labute approximate surface area is 120 Å². The summed E-state index contributed by atoms with van der Waals surface area (Å²) in [6.07, 6.45) is 2.88. The fourth-order valence-electron chi connectivity index (χ4n) is 1.74. The minimum atomic E-state index is -0.549. The lowest BCUT2D eigenvalue weighted by atomic mass is 10.2. The molecule has 0 fully saturated rings. The average molecular weight is 297 g/mol. The van der Waals surface area contributed by atoms with E-state index in [2.05, 4.69) is 15.4 Å². The van der Waals surface area contributed by atoms with Crippen LogP contribution in [0.3, 0.4) is 0 Å². The monoisotopic (exact) mass is 296 g/mol. The third-order valence-corrected chi connectivity index (χ3v) is 2.95. The first kappa shape index (κ1) is 14.5. The van der Waals surface area contributed by atoms with E-state index in [1.54, 1.807) is 6.07 Å². The highest BCUT2D eigenvalue weighted by Crippen LogP contribution is 2.29. The van der Waals surface area contributed by atoms with Gasteiger partial charge in [0.05, 0.1) is 10.6 Å². The molecular weight excluding hydrogens is 283 g/mol. The molecule has 0 aliphatic carbocycles. The van der Waals surface area contributed by atoms with E-state index in [4.69, 9.17) is 22.2 Å². The average Bonchev–Trinajstić information content (AvgIpc) is 2.45. The third-order valence-electron chi connectivity index (χ3n) is 2.65. The van der Waals surface area contributed by atoms with Crippen LogP contribution in [-0.2, 0) is 6.42 Å². The summed E-state index contributed by atoms with van der Waals surface area (Å²) in [7, 11) is 0. The SMILES string of the molecule is CCCc1c(NN)ncnc1Oc1ccc(Cl)c(F)c1. The summed E-state index contributed by atoms with van der Waals surface area (Å²) in [5.74, 6) is 6.01. The van der Waals surface area contributed by atoms with Gasteiger partial charge in [0, 0.05) is 6.07 Å². The summed E-state index contributed by atoms with van der Waals surface area (Å²) in [5, 5.41) is 0.0399. The zero-order valence-electron chi connectivity index (χ0n) is 10.9. The van der Waals surface area contributed by atoms with Crippen molar-refractivity contribution < 1.29 is 9.13 Å². The van der Waals surface area contributed by atoms with Crippen LogP contribution < -0.4 is 16.0 Å². The Bertz CT molecular complexity index is 609. The number of benzene rings is 1. The number of hydrogen-bond donors (Lipinski definition) is 2. The Kier molecular flexibility index (Phi) is 4.70. The van der Waals surface area contributed by atoms with Crippen molar-refractivity contribution in [2.75, 3.05) is 5.43 Å². The van der Waals surface area contributed by atoms with E-state index in [0.717, 1.165) is 12.0 Å². The number of anilines is 1. The Morgan fingerprint density at radius 1 is 1.40 bits per heavy atom. The zero-order chi connectivity index (χ0) is 14.5. The molecule has 5 nitrogen and oxygen atoms in total. The van der Waals surface area contributed by atoms with Gasteiger partial charge in [-0.2, -0.15) is 0 Å². The molecule has 1 aromatic carbocycles. The van der Waals surface area contributed by atoms with Crippen LogP contribution in [0.15, 0.2) is 24.5 Å². The van der Waals surface area contributed by atoms with Crippen molar-refractivity contribution in [3.05, 3.63) is 40.9 Å². The van der Waals surface area contributed by atoms with Crippen LogP contribution in [0.25, 0.3) is 0 Å². The second kappa shape index (κ2) is 6.49. The lowest BCUT2D eigenvalue weighted by molar-refractivity contribution is 0.450. The quantitative estimate of drug-likeness (QED) is 0.654. The van der Waals surface area contributed by atoms with Crippen molar-refractivity contribution in [3.63, 3.8) is 0 Å². The Morgan fingerprint density at radius 2 is 2.20 bits per heavy atom. The van der Waals surface area contributed by atoms with Crippen molar-refractivity contribution in [2.45, 2.75) is 19.8 Å². The molecule has 1 heterocycles. The van der Waals surface area contributed by atoms with E-state index in [9.17, 15) is 4.39 Å². The Morgan fingerprint density at radius 3 is 2.85 bits per heavy atom. The first-order valence-corrected chi connectivity index (χ1v) is 6.47. The normalized spacial score (nSPS) is 10.4. The van der Waals surface area contributed by atoms with Crippen molar-refractivity contribution in [1.82, 2.24) is 9.97 Å². The Hall–Kier alpha value is -1.92. The zero-order valence-corrected chi connectivity index (χ0v) is 11.6. The van der Waals surface area contributed by atoms with Gasteiger partial charge in [0.1, 0.15) is 23.7 Å². The molecule has 0 aliphatic rings. The van der Waals surface area contributed by atoms with E-state index in [1.165, 1.54) is 18.5 Å². The third kappa shape index (κ3) is 3.15. The van der Waals surface area contributed by atoms with E-state index in [1.807, 2.05) is 6.92 Å². The maximum Gasteiger partial charge on any atom is 0.227 e. The molecule has 0 radical (unpaired) electrons. The second-order valence-corrected chi connectivity index (χ2v) is 4.49. The van der Waals surface area contributed by atoms with E-state index < -0.39 is 5.82 Å². The fourth-order valence-corrected chi connectivity index (χ4v) is 1.85. The highest BCUT2D eigenvalue weighted by molar-refractivity contribution is 6.30. The van der Waals surface area contributed by atoms with Gasteiger partial charge < -0.3 is 10.2 Å². The van der Waals surface area contributed by atoms with Crippen LogP contribution >= 0.6 is 11.6 Å². The minimum absolute atomic E-state index is 0.0399. The summed E-state index contributed by atoms with van der Waals surface area (Å²) >= 11 is 5.63. The molecule has 2 rings (SSSR count). The van der Waals surface area contributed by atoms with Gasteiger partial charge in [-0.1, -0.05) is 24.9 Å². The fraction of sp³-hybridized carbons (Fsp3) is 0.231. The maximum atomic E-state index is 13.4. The molecule has 20 heavy (non-hydrogen) atoms. The van der Waals surface area contributed by atoms with Gasteiger partial charge in [0.15, 0.2) is 0 Å². The van der Waals surface area contributed by atoms with Gasteiger partial charge in [-0.25, -0.2) is 20.2 Å². The van der Waals surface area contributed by atoms with E-state index in [0.29, 0.717) is 23.9 Å². The van der Waals surface area contributed by atoms with Crippen molar-refractivity contribution in [1.29, 1.82) is 0 Å². The molecule has 0 saturated heterocycles. The molecule has 0 amide bonds. The predicted octanol–water partition coefficient (Wildman–Crippen LogP) is 3.30. The molecule has 0 aliphatic heterocycles. The van der Waals surface area contributed by atoms with Gasteiger partial charge in [-0.15, -0.1) is 0 Å². The summed E-state index contributed by atoms with van der Waals surface area (Å²) in [5.41, 5.74) is 3.24. The van der Waals surface area contributed by atoms with Crippen LogP contribution in [0, 0.1) is 5.82 Å². The number of halogens is 2. The van der Waals surface area contributed by atoms with Gasteiger partial charge in [0.25, 0.3) is 0 Å². The number of aromatic nitrogens is 2. The number of nitrogens with one attached hydrogen (secondary N) is 1. The van der Waals surface area contributed by atoms with Gasteiger partial charge in [0.2, 0.25) is 5.88 Å². The lowest BCUT2D eigenvalue weighted by Gasteiger charge is -2.12. The van der Waals surface area contributed by atoms with E-state index >= 15 is 0 Å². The Balaban J connectivity index is 2.34. The van der Waals surface area contributed by atoms with Gasteiger partial charge in [-0.3, -0.25) is 0 Å². The summed E-state index contributed by atoms with van der Waals surface area (Å²) < 4.78 is 19.0. The minimum Gasteiger partial charge on any atom is -0.438 e. The van der Waals surface area contributed by atoms with Crippen LogP contribution in [0.4, 0.5) is 10.2 Å². The molecule has 106 valence electrons. The topological polar surface area (TPSA) is 73.1 Å². The molecule has 1 aromatic heterocycles. The standard InChI is InChI=1S/C13H14ClFN4O/c1-2-3-9-12(19-16)17-7-18-13(9)20-8-4-5-10(14)11(15)6-8/h4-7H,2-3,16H2,1H3,(H,17,18,19). The van der Waals surface area contributed by atoms with Gasteiger partial charge in [-0.05, 0) is 18.6 Å². The molecule has 0 bridgehead atoms. The molecular formula is C13H14ClFN4O. The summed E-state index contributed by atoms with van der Waals surface area (Å²) in [6, 6.07) is 4.20. The molecule has 0 atom stereocenters. The number of nitrogens with zero attached hydrogens (tertiary/aromatic N) is 2. The summed E-state index contributed by atoms with van der Waals surface area (Å²) in [4.78, 5) is 8.10. The van der Waals surface area contributed by atoms with Crippen LogP contribution in [0.5, 0.6) is 11.6 Å². The number of nitrogen functional groups attached to an aromatic ring is 1. The maximum absolute atomic E-state index is 13.4. The number of rotatable bonds is 5. The predicted molar refractivity (Wildman–Crippen MR) is 75.3 cm³/mol. The number of hydrazine groups is 1. The number of hydrogen-bond acceptors (Lipinski definition) is 5. The molecule has 3 N–H and O–H groups in total. The number of nitrogens with two attached hydrogens (primary N) is 1. The smallest absolute Gasteiger partial charge is 0.227 e. The van der Waals surface area contributed by atoms with Crippen LogP contribution in [0.2, 0.25) is 5.02 Å². The summed E-state index contributed by atoms with van der Waals surface area (Å²) in [6.45, 7) is 2.01. The molecule has 0 unspecified atom stereocenters. The first-order valence-electron chi connectivity index (χ1n) is 6.09. The number of ether oxygens (including phenoxy) is 1. The highest BCUT2D eigenvalue weighted by atomic mass is 35.5. The molecule has 7 heteroatoms. The lowest BCUT2D eigenvalue weighted by Crippen LogP contribution is -2.12. The highest BCUT2D eigenvalue weighted by Gasteiger charge is 2.13. The molecule has 0 saturated carbocycles.